The van der Waals surface area contributed by atoms with Gasteiger partial charge in [-0.15, -0.1) is 0 Å². The fourth-order valence-corrected chi connectivity index (χ4v) is 23.4. The van der Waals surface area contributed by atoms with Crippen LogP contribution in [0.3, 0.4) is 0 Å². The Morgan fingerprint density at radius 3 is 0.966 bits per heavy atom. The lowest BCUT2D eigenvalue weighted by molar-refractivity contribution is -0.120. The summed E-state index contributed by atoms with van der Waals surface area (Å²) in [5, 5.41) is 21.7. The van der Waals surface area contributed by atoms with Gasteiger partial charge in [0.2, 0.25) is 35.4 Å². The molecule has 10 aromatic carbocycles. The van der Waals surface area contributed by atoms with Crippen molar-refractivity contribution in [3.63, 3.8) is 0 Å². The first-order valence-electron chi connectivity index (χ1n) is 39.9. The van der Waals surface area contributed by atoms with Gasteiger partial charge in [0.05, 0.1) is 0 Å². The zero-order valence-electron chi connectivity index (χ0n) is 68.7. The number of anilines is 6. The summed E-state index contributed by atoms with van der Waals surface area (Å²) in [5.41, 5.74) is 5.26. The lowest BCUT2D eigenvalue weighted by Crippen LogP contribution is -2.20. The molecule has 614 valence electrons. The molecule has 25 heteroatoms. The molecule has 5 atom stereocenters. The third-order valence-electron chi connectivity index (χ3n) is 19.1. The van der Waals surface area contributed by atoms with Crippen molar-refractivity contribution in [2.45, 2.75) is 127 Å². The molecule has 21 nitrogen and oxygen atoms in total. The van der Waals surface area contributed by atoms with Crippen molar-refractivity contribution in [1.29, 1.82) is 0 Å². The van der Waals surface area contributed by atoms with E-state index in [2.05, 4.69) is 166 Å². The monoisotopic (exact) mass is 1660 g/mol. The highest BCUT2D eigenvalue weighted by Gasteiger charge is 2.49. The van der Waals surface area contributed by atoms with Crippen LogP contribution in [0.5, 0.6) is 34.5 Å². The first kappa shape index (κ1) is 87.5. The number of allylic oxidation sites excluding steroid dienone is 2. The molecule has 1 aliphatic heterocycles. The molecule has 5 unspecified atom stereocenters. The SMILES string of the molecule is CC(C)C(=O)Nc1ccc(OP2(Oc3ccc(NC(=O)C(C)CC/C=C/CC(CCC(C)c4ccc(P(c5ccccc5)c5ccccc5)cc4)c4ccccc4)cc3)=NP(Oc3ccc(NC(=O)C(C)C)cc3)(Oc3ccc(NC(=O)C(C)C)cc3)=NP(Oc3ccc(NC(=O)C(C)C)cc3)(Oc3cccc(NC(=O)C(C)C)c3)=N2)cc1. The van der Waals surface area contributed by atoms with Gasteiger partial charge in [0, 0.05) is 75.7 Å². The number of rotatable bonds is 37. The molecule has 6 N–H and O–H groups in total. The zero-order valence-corrected chi connectivity index (χ0v) is 72.2. The molecule has 6 amide bonds. The lowest BCUT2D eigenvalue weighted by atomic mass is 9.86. The van der Waals surface area contributed by atoms with Crippen molar-refractivity contribution in [3.8, 4) is 34.5 Å². The molecule has 0 aliphatic carbocycles. The quantitative estimate of drug-likeness (QED) is 0.0157. The molecule has 0 radical (unpaired) electrons. The van der Waals surface area contributed by atoms with E-state index >= 15 is 0 Å². The van der Waals surface area contributed by atoms with Crippen molar-refractivity contribution in [3.05, 3.63) is 284 Å². The minimum absolute atomic E-state index is 0.0938. The van der Waals surface area contributed by atoms with Crippen molar-refractivity contribution in [2.24, 2.45) is 49.1 Å². The first-order valence-corrected chi connectivity index (χ1v) is 45.9. The predicted octanol–water partition coefficient (Wildman–Crippen LogP) is 23.7. The molecule has 0 fully saturated rings. The normalized spacial score (nSPS) is 15.6. The van der Waals surface area contributed by atoms with E-state index in [0.29, 0.717) is 58.8 Å². The Bertz CT molecular complexity index is 5160. The van der Waals surface area contributed by atoms with Crippen LogP contribution < -0.4 is 75.0 Å². The summed E-state index contributed by atoms with van der Waals surface area (Å²) < 4.78 is 59.4. The van der Waals surface area contributed by atoms with Gasteiger partial charge >= 0.3 is 23.0 Å². The Morgan fingerprint density at radius 1 is 0.305 bits per heavy atom. The number of nitrogens with zero attached hydrogens (tertiary/aromatic N) is 3. The third-order valence-corrected chi connectivity index (χ3v) is 29.7. The molecular formula is C93H105N9O12P4. The molecule has 0 saturated heterocycles. The number of hydrogen-bond donors (Lipinski definition) is 6. The highest BCUT2D eigenvalue weighted by molar-refractivity contribution is 7.80. The van der Waals surface area contributed by atoms with E-state index in [-0.39, 0.29) is 99.5 Å². The topological polar surface area (TPSA) is 267 Å². The fraction of sp³-hybridized carbons (Fsp3) is 0.269. The summed E-state index contributed by atoms with van der Waals surface area (Å²) in [4.78, 5) is 79.9. The second kappa shape index (κ2) is 41.2. The minimum atomic E-state index is -4.66. The van der Waals surface area contributed by atoms with E-state index in [1.165, 1.54) is 27.0 Å². The van der Waals surface area contributed by atoms with Crippen LogP contribution >= 0.6 is 30.9 Å². The van der Waals surface area contributed by atoms with Crippen LogP contribution in [-0.2, 0) is 28.8 Å². The maximum atomic E-state index is 14.2. The van der Waals surface area contributed by atoms with Crippen LogP contribution in [0.4, 0.5) is 34.1 Å². The van der Waals surface area contributed by atoms with Crippen LogP contribution in [0.15, 0.2) is 287 Å². The molecule has 1 heterocycles. The van der Waals surface area contributed by atoms with E-state index in [1.807, 2.05) is 6.92 Å². The molecule has 1 aliphatic rings. The molecule has 10 aromatic rings. The number of carbonyl (C=O) groups is 6. The van der Waals surface area contributed by atoms with Crippen LogP contribution in [0, 0.1) is 35.5 Å². The molecule has 0 saturated carbocycles. The number of hydrogen-bond acceptors (Lipinski definition) is 15. The van der Waals surface area contributed by atoms with Gasteiger partial charge in [-0.3, -0.25) is 28.8 Å². The van der Waals surface area contributed by atoms with E-state index in [9.17, 15) is 28.8 Å². The van der Waals surface area contributed by atoms with E-state index < -0.39 is 36.8 Å². The predicted molar refractivity (Wildman–Crippen MR) is 481 cm³/mol. The number of nitrogens with one attached hydrogen (secondary N) is 6. The van der Waals surface area contributed by atoms with Crippen molar-refractivity contribution in [1.82, 2.24) is 0 Å². The Balaban J connectivity index is 0.927. The van der Waals surface area contributed by atoms with Crippen LogP contribution in [0.2, 0.25) is 0 Å². The Kier molecular flexibility index (Phi) is 30.5. The molecule has 0 aromatic heterocycles. The van der Waals surface area contributed by atoms with Crippen molar-refractivity contribution in [2.75, 3.05) is 31.9 Å². The van der Waals surface area contributed by atoms with E-state index in [0.717, 1.165) is 19.3 Å². The highest BCUT2D eigenvalue weighted by atomic mass is 31.3. The standard InChI is InChI=1S/C93H105N9O12P4/c1-63(2)88(103)94-73-40-50-79(51-41-73)109-116(110-80-52-42-74(43-53-80)95-89(104)64(3)4)100-117(111-81-54-44-75(45-55-81)96-90(105)65(5)6,102-118(101-116,113-83-56-46-76(47-57-83)97-91(106)66(7)8)114-84-31-25-30-78(62-84)99-92(107)67(9)10)112-82-58-48-77(49-59-82)98-93(108)69(12)26-17-13-18-29-72(71-27-19-14-20-28-71)37-36-68(11)70-38-60-87(61-39-70)115(85-32-21-15-22-33-85)86-34-23-16-24-35-86/h13-16,18-25,27-28,30-35,38-69,72H,17,26,29,36-37H2,1-12H3,(H,94,103)(H,95,104)(H,96,105)(H,97,106)(H,98,108)(H,99,107)/b18-13+. The molecule has 0 spiro atoms. The Labute approximate surface area is 694 Å². The van der Waals surface area contributed by atoms with Crippen LogP contribution in [-0.4, -0.2) is 35.4 Å². The van der Waals surface area contributed by atoms with E-state index in [4.69, 9.17) is 40.7 Å². The molecular weight excluding hydrogens is 1560 g/mol. The highest BCUT2D eigenvalue weighted by Crippen LogP contribution is 2.79. The summed E-state index contributed by atoms with van der Waals surface area (Å²) in [6, 6.07) is 80.8. The minimum Gasteiger partial charge on any atom is -0.413 e. The molecule has 11 rings (SSSR count). The first-order chi connectivity index (χ1) is 56.7. The van der Waals surface area contributed by atoms with Crippen LogP contribution in [0.1, 0.15) is 138 Å². The maximum Gasteiger partial charge on any atom is 0.460 e. The van der Waals surface area contributed by atoms with Crippen molar-refractivity contribution >= 4 is 116 Å². The second-order valence-corrected chi connectivity index (χ2v) is 38.9. The van der Waals surface area contributed by atoms with E-state index in [1.54, 1.807) is 215 Å². The summed E-state index contributed by atoms with van der Waals surface area (Å²) in [7, 11) is -14.7. The van der Waals surface area contributed by atoms with Gasteiger partial charge in [-0.05, 0) is 212 Å². The number of carbonyl (C=O) groups excluding carboxylic acids is 6. The van der Waals surface area contributed by atoms with Gasteiger partial charge in [0.15, 0.2) is 0 Å². The average molecular weight is 1660 g/mol. The summed E-state index contributed by atoms with van der Waals surface area (Å²) >= 11 is 0. The van der Waals surface area contributed by atoms with Gasteiger partial charge in [-0.2, -0.15) is 0 Å². The second-order valence-electron chi connectivity index (χ2n) is 30.5. The molecule has 0 bridgehead atoms. The average Bonchev–Trinajstić information content (AvgIpc) is 0.727. The molecule has 118 heavy (non-hydrogen) atoms. The number of benzene rings is 10. The maximum absolute atomic E-state index is 14.2. The van der Waals surface area contributed by atoms with Gasteiger partial charge in [0.1, 0.15) is 34.5 Å². The zero-order chi connectivity index (χ0) is 83.9. The Hall–Kier alpha value is -11.3. The summed E-state index contributed by atoms with van der Waals surface area (Å²) in [6.45, 7) is 22.0. The van der Waals surface area contributed by atoms with Gasteiger partial charge in [-0.25, -0.2) is 0 Å². The van der Waals surface area contributed by atoms with Gasteiger partial charge in [-0.1, -0.05) is 230 Å². The summed E-state index contributed by atoms with van der Waals surface area (Å²) in [5.74, 6) is -2.10. The van der Waals surface area contributed by atoms with Gasteiger partial charge in [0.25, 0.3) is 0 Å². The Morgan fingerprint density at radius 2 is 0.619 bits per heavy atom. The number of amides is 6. The summed E-state index contributed by atoms with van der Waals surface area (Å²) in [6.07, 6.45) is 8.59. The smallest absolute Gasteiger partial charge is 0.413 e. The largest absolute Gasteiger partial charge is 0.460 e. The lowest BCUT2D eigenvalue weighted by Gasteiger charge is -2.33. The fourth-order valence-electron chi connectivity index (χ4n) is 12.1. The third kappa shape index (κ3) is 25.1. The van der Waals surface area contributed by atoms with Crippen molar-refractivity contribution < 1.29 is 55.9 Å². The van der Waals surface area contributed by atoms with Crippen LogP contribution in [0.25, 0.3) is 0 Å². The van der Waals surface area contributed by atoms with Gasteiger partial charge < -0.3 is 59.0 Å².